The number of rotatable bonds is 9. The maximum atomic E-state index is 12.8. The van der Waals surface area contributed by atoms with Crippen molar-refractivity contribution >= 4 is 11.6 Å². The Kier molecular flexibility index (Phi) is 6.95. The second-order valence-corrected chi connectivity index (χ2v) is 6.60. The summed E-state index contributed by atoms with van der Waals surface area (Å²) in [5.74, 6) is 2.27. The Balaban J connectivity index is 1.74. The van der Waals surface area contributed by atoms with E-state index in [1.165, 1.54) is 0 Å². The van der Waals surface area contributed by atoms with Gasteiger partial charge in [-0.1, -0.05) is 11.2 Å². The van der Waals surface area contributed by atoms with Crippen LogP contribution in [0.1, 0.15) is 41.2 Å². The monoisotopic (exact) mass is 410 g/mol. The standard InChI is InChI=1S/C23H26N2O5/c1-5-27-19-10-11-22(28-6-2)21(13-19)24-23(26)17-8-7-9-18(12-17)29-14-20-15(3)25-30-16(20)4/h7-13H,5-6,14H2,1-4H3,(H,24,26). The molecule has 7 nitrogen and oxygen atoms in total. The second-order valence-electron chi connectivity index (χ2n) is 6.60. The van der Waals surface area contributed by atoms with Gasteiger partial charge in [0.2, 0.25) is 0 Å². The first-order valence-corrected chi connectivity index (χ1v) is 9.87. The Morgan fingerprint density at radius 1 is 1.00 bits per heavy atom. The number of carbonyl (C=O) groups is 1. The summed E-state index contributed by atoms with van der Waals surface area (Å²) in [5, 5.41) is 6.82. The minimum atomic E-state index is -0.271. The molecule has 1 heterocycles. The van der Waals surface area contributed by atoms with Gasteiger partial charge in [-0.25, -0.2) is 0 Å². The van der Waals surface area contributed by atoms with E-state index in [2.05, 4.69) is 10.5 Å². The summed E-state index contributed by atoms with van der Waals surface area (Å²) in [7, 11) is 0. The molecule has 0 saturated carbocycles. The first-order chi connectivity index (χ1) is 14.5. The smallest absolute Gasteiger partial charge is 0.255 e. The minimum Gasteiger partial charge on any atom is -0.494 e. The normalized spacial score (nSPS) is 10.5. The van der Waals surface area contributed by atoms with Gasteiger partial charge in [0.1, 0.15) is 29.6 Å². The predicted molar refractivity (Wildman–Crippen MR) is 113 cm³/mol. The maximum absolute atomic E-state index is 12.8. The number of amides is 1. The third-order valence-corrected chi connectivity index (χ3v) is 4.47. The number of benzene rings is 2. The first kappa shape index (κ1) is 21.2. The lowest BCUT2D eigenvalue weighted by Gasteiger charge is -2.14. The number of anilines is 1. The van der Waals surface area contributed by atoms with Crippen LogP contribution in [0.2, 0.25) is 0 Å². The Morgan fingerprint density at radius 3 is 2.47 bits per heavy atom. The number of aromatic nitrogens is 1. The molecule has 0 aliphatic rings. The zero-order valence-corrected chi connectivity index (χ0v) is 17.7. The molecule has 1 aromatic heterocycles. The number of hydrogen-bond donors (Lipinski definition) is 1. The van der Waals surface area contributed by atoms with Crippen LogP contribution in [0.4, 0.5) is 5.69 Å². The molecule has 1 amide bonds. The van der Waals surface area contributed by atoms with Crippen molar-refractivity contribution in [1.82, 2.24) is 5.16 Å². The van der Waals surface area contributed by atoms with Crippen LogP contribution in [0.5, 0.6) is 17.2 Å². The van der Waals surface area contributed by atoms with E-state index in [1.807, 2.05) is 33.8 Å². The van der Waals surface area contributed by atoms with E-state index in [0.717, 1.165) is 17.0 Å². The summed E-state index contributed by atoms with van der Waals surface area (Å²) >= 11 is 0. The third-order valence-electron chi connectivity index (χ3n) is 4.47. The summed E-state index contributed by atoms with van der Waals surface area (Å²) in [6, 6.07) is 12.4. The molecule has 0 bridgehead atoms. The van der Waals surface area contributed by atoms with Gasteiger partial charge >= 0.3 is 0 Å². The van der Waals surface area contributed by atoms with Crippen molar-refractivity contribution in [3.8, 4) is 17.2 Å². The molecule has 1 N–H and O–H groups in total. The molecule has 0 aliphatic heterocycles. The molecule has 3 rings (SSSR count). The SMILES string of the molecule is CCOc1ccc(OCC)c(NC(=O)c2cccc(OCc3c(C)noc3C)c2)c1. The van der Waals surface area contributed by atoms with Crippen molar-refractivity contribution in [2.24, 2.45) is 0 Å². The van der Waals surface area contributed by atoms with Crippen LogP contribution in [0.15, 0.2) is 47.0 Å². The van der Waals surface area contributed by atoms with E-state index in [-0.39, 0.29) is 5.91 Å². The number of hydrogen-bond acceptors (Lipinski definition) is 6. The van der Waals surface area contributed by atoms with E-state index in [1.54, 1.807) is 36.4 Å². The number of nitrogens with zero attached hydrogens (tertiary/aromatic N) is 1. The molecule has 0 spiro atoms. The largest absolute Gasteiger partial charge is 0.494 e. The average Bonchev–Trinajstić information content (AvgIpc) is 3.06. The van der Waals surface area contributed by atoms with E-state index in [4.69, 9.17) is 18.7 Å². The molecule has 2 aromatic carbocycles. The van der Waals surface area contributed by atoms with Gasteiger partial charge in [-0.05, 0) is 58.0 Å². The highest BCUT2D eigenvalue weighted by atomic mass is 16.5. The molecule has 7 heteroatoms. The summed E-state index contributed by atoms with van der Waals surface area (Å²) in [5.41, 5.74) is 2.71. The van der Waals surface area contributed by atoms with E-state index < -0.39 is 0 Å². The molecule has 30 heavy (non-hydrogen) atoms. The van der Waals surface area contributed by atoms with Gasteiger partial charge in [0.05, 0.1) is 30.2 Å². The van der Waals surface area contributed by atoms with Crippen molar-refractivity contribution < 1.29 is 23.5 Å². The molecule has 0 aliphatic carbocycles. The highest BCUT2D eigenvalue weighted by molar-refractivity contribution is 6.05. The van der Waals surface area contributed by atoms with Crippen LogP contribution in [0, 0.1) is 13.8 Å². The molecule has 3 aromatic rings. The van der Waals surface area contributed by atoms with Crippen molar-refractivity contribution in [2.75, 3.05) is 18.5 Å². The number of ether oxygens (including phenoxy) is 3. The van der Waals surface area contributed by atoms with Gasteiger partial charge in [-0.15, -0.1) is 0 Å². The molecular weight excluding hydrogens is 384 g/mol. The van der Waals surface area contributed by atoms with Crippen LogP contribution in [0.3, 0.4) is 0 Å². The molecule has 0 saturated heterocycles. The second kappa shape index (κ2) is 9.82. The van der Waals surface area contributed by atoms with Gasteiger partial charge in [0.15, 0.2) is 0 Å². The van der Waals surface area contributed by atoms with Crippen LogP contribution in [-0.4, -0.2) is 24.3 Å². The van der Waals surface area contributed by atoms with Gasteiger partial charge in [-0.3, -0.25) is 4.79 Å². The van der Waals surface area contributed by atoms with E-state index >= 15 is 0 Å². The highest BCUT2D eigenvalue weighted by Gasteiger charge is 2.14. The predicted octanol–water partition coefficient (Wildman–Crippen LogP) is 4.92. The summed E-state index contributed by atoms with van der Waals surface area (Å²) in [4.78, 5) is 12.8. The Hall–Kier alpha value is -3.48. The van der Waals surface area contributed by atoms with Crippen LogP contribution in [0.25, 0.3) is 0 Å². The number of carbonyl (C=O) groups excluding carboxylic acids is 1. The summed E-state index contributed by atoms with van der Waals surface area (Å²) in [6.07, 6.45) is 0. The molecule has 0 radical (unpaired) electrons. The topological polar surface area (TPSA) is 82.8 Å². The highest BCUT2D eigenvalue weighted by Crippen LogP contribution is 2.30. The lowest BCUT2D eigenvalue weighted by atomic mass is 10.2. The van der Waals surface area contributed by atoms with Gasteiger partial charge < -0.3 is 24.1 Å². The lowest BCUT2D eigenvalue weighted by molar-refractivity contribution is 0.102. The number of nitrogens with one attached hydrogen (secondary N) is 1. The fourth-order valence-corrected chi connectivity index (χ4v) is 2.93. The molecule has 158 valence electrons. The fraction of sp³-hybridized carbons (Fsp3) is 0.304. The zero-order chi connectivity index (χ0) is 21.5. The summed E-state index contributed by atoms with van der Waals surface area (Å²) in [6.45, 7) is 8.84. The quantitative estimate of drug-likeness (QED) is 0.539. The number of aryl methyl sites for hydroxylation is 2. The fourth-order valence-electron chi connectivity index (χ4n) is 2.93. The van der Waals surface area contributed by atoms with Crippen molar-refractivity contribution in [2.45, 2.75) is 34.3 Å². The molecule has 0 unspecified atom stereocenters. The molecule has 0 fully saturated rings. The Labute approximate surface area is 175 Å². The van der Waals surface area contributed by atoms with Gasteiger partial charge in [0, 0.05) is 11.6 Å². The van der Waals surface area contributed by atoms with Crippen LogP contribution >= 0.6 is 0 Å². The summed E-state index contributed by atoms with van der Waals surface area (Å²) < 4.78 is 22.2. The zero-order valence-electron chi connectivity index (χ0n) is 17.7. The van der Waals surface area contributed by atoms with E-state index in [9.17, 15) is 4.79 Å². The van der Waals surface area contributed by atoms with Gasteiger partial charge in [0.25, 0.3) is 5.91 Å². The maximum Gasteiger partial charge on any atom is 0.255 e. The average molecular weight is 410 g/mol. The first-order valence-electron chi connectivity index (χ1n) is 9.87. The van der Waals surface area contributed by atoms with Crippen LogP contribution < -0.4 is 19.5 Å². The van der Waals surface area contributed by atoms with E-state index in [0.29, 0.717) is 48.3 Å². The van der Waals surface area contributed by atoms with Gasteiger partial charge in [-0.2, -0.15) is 0 Å². The Morgan fingerprint density at radius 2 is 1.77 bits per heavy atom. The van der Waals surface area contributed by atoms with Crippen LogP contribution in [-0.2, 0) is 6.61 Å². The lowest BCUT2D eigenvalue weighted by Crippen LogP contribution is -2.13. The van der Waals surface area contributed by atoms with Crippen molar-refractivity contribution in [3.05, 3.63) is 65.0 Å². The third kappa shape index (κ3) is 5.11. The molecular formula is C23H26N2O5. The van der Waals surface area contributed by atoms with Crippen molar-refractivity contribution in [3.63, 3.8) is 0 Å². The minimum absolute atomic E-state index is 0.271. The Bertz CT molecular complexity index is 993. The van der Waals surface area contributed by atoms with Crippen molar-refractivity contribution in [1.29, 1.82) is 0 Å². The molecule has 0 atom stereocenters.